The molecule has 0 N–H and O–H groups in total. The molecule has 2 aliphatic rings. The summed E-state index contributed by atoms with van der Waals surface area (Å²) in [7, 11) is 0. The number of pyridine rings is 1. The Kier molecular flexibility index (Phi) is 8.88. The molecule has 3 heterocycles. The molecule has 1 aliphatic carbocycles. The zero-order valence-electron chi connectivity index (χ0n) is 27.0. The van der Waals surface area contributed by atoms with E-state index in [9.17, 15) is 4.79 Å². The maximum absolute atomic E-state index is 13.0. The molecule has 0 fully saturated rings. The van der Waals surface area contributed by atoms with Crippen LogP contribution in [0.2, 0.25) is 0 Å². The van der Waals surface area contributed by atoms with Gasteiger partial charge in [0.1, 0.15) is 0 Å². The fraction of sp³-hybridized carbons (Fsp3) is 0.119. The molecule has 47 heavy (non-hydrogen) atoms. The van der Waals surface area contributed by atoms with Gasteiger partial charge < -0.3 is 9.97 Å². The first kappa shape index (κ1) is 32.0. The first-order chi connectivity index (χ1) is 22.3. The number of allylic oxidation sites excluding steroid dienone is 2. The van der Waals surface area contributed by atoms with Gasteiger partial charge in [-0.25, -0.2) is 0 Å². The van der Waals surface area contributed by atoms with Gasteiger partial charge in [0.25, 0.3) is 0 Å². The largest absolute Gasteiger partial charge is 0.664 e. The molecule has 4 nitrogen and oxygen atoms in total. The smallest absolute Gasteiger partial charge is 0.194 e. The predicted molar refractivity (Wildman–Crippen MR) is 188 cm³/mol. The third-order valence-electron chi connectivity index (χ3n) is 8.57. The van der Waals surface area contributed by atoms with E-state index in [1.807, 2.05) is 86.2 Å². The van der Waals surface area contributed by atoms with Crippen LogP contribution in [0, 0.1) is 40.7 Å². The van der Waals surface area contributed by atoms with E-state index in [0.29, 0.717) is 0 Å². The van der Waals surface area contributed by atoms with Crippen LogP contribution >= 0.6 is 0 Å². The Bertz CT molecular complexity index is 2210. The van der Waals surface area contributed by atoms with Crippen LogP contribution in [0.5, 0.6) is 0 Å². The van der Waals surface area contributed by atoms with Crippen molar-refractivity contribution in [2.45, 2.75) is 34.6 Å². The average molecular weight is 788 g/mol. The van der Waals surface area contributed by atoms with Crippen LogP contribution in [0.1, 0.15) is 55.0 Å². The van der Waals surface area contributed by atoms with Gasteiger partial charge in [-0.15, -0.1) is 40.6 Å². The Morgan fingerprint density at radius 1 is 0.766 bits per heavy atom. The molecule has 4 aromatic carbocycles. The maximum Gasteiger partial charge on any atom is 0.194 e. The van der Waals surface area contributed by atoms with Gasteiger partial charge in [-0.1, -0.05) is 86.1 Å². The molecular weight excluding hydrogens is 755 g/mol. The summed E-state index contributed by atoms with van der Waals surface area (Å²) in [5.41, 5.74) is 15.8. The second-order valence-corrected chi connectivity index (χ2v) is 12.1. The van der Waals surface area contributed by atoms with E-state index < -0.39 is 0 Å². The van der Waals surface area contributed by atoms with Crippen molar-refractivity contribution >= 4 is 28.3 Å². The van der Waals surface area contributed by atoms with Gasteiger partial charge >= 0.3 is 0 Å². The number of carbonyl (C=O) groups excluding carboxylic acids is 1. The zero-order valence-corrected chi connectivity index (χ0v) is 29.4. The molecule has 0 atom stereocenters. The van der Waals surface area contributed by atoms with Crippen LogP contribution in [0.4, 0.5) is 0 Å². The number of nitrogens with zero attached hydrogens (tertiary/aromatic N) is 3. The molecule has 0 saturated carbocycles. The molecule has 8 rings (SSSR count). The Morgan fingerprint density at radius 2 is 1.49 bits per heavy atom. The van der Waals surface area contributed by atoms with E-state index in [1.165, 1.54) is 27.8 Å². The molecule has 0 bridgehead atoms. The van der Waals surface area contributed by atoms with Crippen LogP contribution in [-0.2, 0) is 20.1 Å². The van der Waals surface area contributed by atoms with Gasteiger partial charge in [0, 0.05) is 49.2 Å². The van der Waals surface area contributed by atoms with Crippen molar-refractivity contribution in [1.29, 1.82) is 0 Å². The van der Waals surface area contributed by atoms with Crippen molar-refractivity contribution in [2.75, 3.05) is 0 Å². The van der Waals surface area contributed by atoms with E-state index in [1.54, 1.807) is 0 Å². The summed E-state index contributed by atoms with van der Waals surface area (Å²) in [6, 6.07) is 29.8. The SMILES string of the molecule is Cc1[c-]c(-c2ncc3c4c(cccc24)C(=O)c2ccccc2-3)cc(C)c1.Cc1cc(C)c(/C(=C2\C=CC=N2)c2ccc[n-]2)c(C)c1.[Ir]. The molecule has 233 valence electrons. The number of aryl methyl sites for hydroxylation is 5. The third kappa shape index (κ3) is 5.89. The number of hydrogen-bond acceptors (Lipinski definition) is 3. The number of aromatic nitrogens is 2. The second kappa shape index (κ2) is 13.0. The summed E-state index contributed by atoms with van der Waals surface area (Å²) in [4.78, 5) is 26.8. The van der Waals surface area contributed by atoms with Gasteiger partial charge in [0.2, 0.25) is 0 Å². The van der Waals surface area contributed by atoms with Gasteiger partial charge in [0.15, 0.2) is 5.78 Å². The van der Waals surface area contributed by atoms with E-state index in [2.05, 4.69) is 74.1 Å². The number of ketones is 1. The number of rotatable bonds is 3. The van der Waals surface area contributed by atoms with Crippen molar-refractivity contribution in [3.8, 4) is 22.4 Å². The van der Waals surface area contributed by atoms with Gasteiger partial charge in [-0.2, -0.15) is 6.20 Å². The Hall–Kier alpha value is -4.96. The molecule has 5 heteroatoms. The molecule has 2 aromatic heterocycles. The van der Waals surface area contributed by atoms with E-state index in [0.717, 1.165) is 66.8 Å². The van der Waals surface area contributed by atoms with Crippen molar-refractivity contribution < 1.29 is 24.9 Å². The van der Waals surface area contributed by atoms with Crippen molar-refractivity contribution in [3.63, 3.8) is 0 Å². The monoisotopic (exact) mass is 788 g/mol. The summed E-state index contributed by atoms with van der Waals surface area (Å²) in [5.74, 6) is 0.0836. The van der Waals surface area contributed by atoms with Crippen LogP contribution in [0.25, 0.3) is 38.7 Å². The summed E-state index contributed by atoms with van der Waals surface area (Å²) < 4.78 is 0. The van der Waals surface area contributed by atoms with Crippen LogP contribution < -0.4 is 4.98 Å². The van der Waals surface area contributed by atoms with Crippen LogP contribution in [0.15, 0.2) is 114 Å². The second-order valence-electron chi connectivity index (χ2n) is 12.1. The normalized spacial score (nSPS) is 13.6. The molecule has 0 saturated heterocycles. The zero-order chi connectivity index (χ0) is 31.9. The average Bonchev–Trinajstić information content (AvgIpc) is 3.77. The topological polar surface area (TPSA) is 56.4 Å². The predicted octanol–water partition coefficient (Wildman–Crippen LogP) is 9.50. The molecule has 6 aromatic rings. The fourth-order valence-electron chi connectivity index (χ4n) is 6.85. The van der Waals surface area contributed by atoms with Crippen molar-refractivity contribution in [2.24, 2.45) is 4.99 Å². The maximum atomic E-state index is 13.0. The summed E-state index contributed by atoms with van der Waals surface area (Å²) >= 11 is 0. The summed E-state index contributed by atoms with van der Waals surface area (Å²) in [5, 5.41) is 2.00. The molecule has 0 amide bonds. The van der Waals surface area contributed by atoms with Crippen LogP contribution in [0.3, 0.4) is 0 Å². The fourth-order valence-corrected chi connectivity index (χ4v) is 6.85. The first-order valence-electron chi connectivity index (χ1n) is 15.5. The Morgan fingerprint density at radius 3 is 2.17 bits per heavy atom. The van der Waals surface area contributed by atoms with Gasteiger partial charge in [-0.05, 0) is 77.2 Å². The first-order valence-corrected chi connectivity index (χ1v) is 15.5. The molecular formula is C42H33IrN3O-2. The Balaban J connectivity index is 0.000000167. The van der Waals surface area contributed by atoms with E-state index >= 15 is 0 Å². The van der Waals surface area contributed by atoms with Crippen molar-refractivity contribution in [1.82, 2.24) is 9.97 Å². The number of hydrogen-bond donors (Lipinski definition) is 0. The molecule has 1 aliphatic heterocycles. The number of aliphatic imine (C=N–C) groups is 1. The molecule has 0 unspecified atom stereocenters. The molecule has 0 spiro atoms. The summed E-state index contributed by atoms with van der Waals surface area (Å²) in [6.07, 6.45) is 9.58. The van der Waals surface area contributed by atoms with Crippen LogP contribution in [-0.4, -0.2) is 17.0 Å². The number of benzene rings is 4. The quantitative estimate of drug-likeness (QED) is 0.168. The minimum atomic E-state index is 0. The van der Waals surface area contributed by atoms with Crippen molar-refractivity contribution in [3.05, 3.63) is 165 Å². The minimum absolute atomic E-state index is 0. The van der Waals surface area contributed by atoms with E-state index in [-0.39, 0.29) is 25.9 Å². The van der Waals surface area contributed by atoms with Gasteiger partial charge in [-0.3, -0.25) is 9.79 Å². The van der Waals surface area contributed by atoms with Gasteiger partial charge in [0.05, 0.1) is 5.70 Å². The Labute approximate surface area is 289 Å². The molecule has 1 radical (unpaired) electrons. The summed E-state index contributed by atoms with van der Waals surface area (Å²) in [6.45, 7) is 10.6. The van der Waals surface area contributed by atoms with E-state index in [4.69, 9.17) is 4.98 Å². The number of carbonyl (C=O) groups is 1. The third-order valence-corrected chi connectivity index (χ3v) is 8.57. The number of fused-ring (bicyclic) bond motifs is 2. The minimum Gasteiger partial charge on any atom is -0.664 e. The standard InChI is InChI=1S/C24H16NO.C18H17N2.Ir/c1-14-10-15(2)12-16(11-14)23-19-8-5-9-20-22(19)21(13-25-23)17-6-3-4-7-18(17)24(20)26;1-12-10-13(2)17(14(3)11-12)18(15-6-4-8-19-15)16-7-5-9-20-16;/h3-11,13H,1-2H3;4-11H,1-3H3;/q2*-1;/b;18-15+;.